The molecule has 19 nitrogen and oxygen atoms in total. The van der Waals surface area contributed by atoms with Crippen LogP contribution in [0.3, 0.4) is 0 Å². The number of hydrogen-bond acceptors (Lipinski definition) is 15. The van der Waals surface area contributed by atoms with E-state index < -0.39 is 73.1 Å². The lowest BCUT2D eigenvalue weighted by atomic mass is 10.1. The molecule has 0 bridgehead atoms. The van der Waals surface area contributed by atoms with Crippen LogP contribution in [0.5, 0.6) is 11.5 Å². The maximum atomic E-state index is 12.3. The number of sulfonamides is 1. The molecule has 0 aromatic heterocycles. The van der Waals surface area contributed by atoms with Crippen molar-refractivity contribution in [3.8, 4) is 11.5 Å². The average molecular weight is 810 g/mol. The first-order valence-electron chi connectivity index (χ1n) is 14.5. The standard InChI is InChI=1S/C30H27N5O14S4/c1-16-9-25(33-34-29-28(53(46,47)48)12-18-10-20(35-50(2,38)39)5-6-22(18)30(29)37)26(49-8-7-36)15-24(16)32-31-19-4-3-17-11-21(51(40,41)42)14-27(23(17)13-19)52(43,44)45/h3-6,9-15,35-37H,7-8H2,1-2H3,(H,40,41,42)(H,43,44,45)(H,46,47,48)/b32-31+,34-33+. The summed E-state index contributed by atoms with van der Waals surface area (Å²) in [7, 11) is -18.5. The molecule has 0 aliphatic rings. The van der Waals surface area contributed by atoms with Gasteiger partial charge in [-0.15, -0.1) is 10.2 Å². The van der Waals surface area contributed by atoms with Gasteiger partial charge in [0.25, 0.3) is 30.4 Å². The van der Waals surface area contributed by atoms with Crippen LogP contribution < -0.4 is 9.46 Å². The first kappa shape index (κ1) is 39.1. The van der Waals surface area contributed by atoms with Crippen molar-refractivity contribution in [2.75, 3.05) is 24.2 Å². The fourth-order valence-corrected chi connectivity index (χ4v) is 7.53. The van der Waals surface area contributed by atoms with Crippen molar-refractivity contribution in [2.24, 2.45) is 20.5 Å². The fraction of sp³-hybridized carbons (Fsp3) is 0.133. The van der Waals surface area contributed by atoms with Gasteiger partial charge in [0.15, 0.2) is 5.75 Å². The highest BCUT2D eigenvalue weighted by atomic mass is 32.2. The van der Waals surface area contributed by atoms with Gasteiger partial charge in [-0.3, -0.25) is 18.4 Å². The molecule has 0 atom stereocenters. The zero-order chi connectivity index (χ0) is 39.1. The van der Waals surface area contributed by atoms with E-state index in [0.717, 1.165) is 18.4 Å². The number of azo groups is 2. The molecule has 0 saturated heterocycles. The van der Waals surface area contributed by atoms with E-state index in [0.29, 0.717) is 11.6 Å². The molecule has 0 unspecified atom stereocenters. The minimum atomic E-state index is -5.04. The lowest BCUT2D eigenvalue weighted by Gasteiger charge is -2.12. The first-order chi connectivity index (χ1) is 24.5. The Labute approximate surface area is 301 Å². The molecular weight excluding hydrogens is 783 g/mol. The molecule has 0 aliphatic heterocycles. The quantitative estimate of drug-likeness (QED) is 0.0686. The normalized spacial score (nSPS) is 13.0. The molecule has 0 saturated carbocycles. The minimum Gasteiger partial charge on any atom is -0.505 e. The molecule has 280 valence electrons. The summed E-state index contributed by atoms with van der Waals surface area (Å²) in [6.07, 6.45) is 0.903. The van der Waals surface area contributed by atoms with Crippen LogP contribution in [0.1, 0.15) is 5.56 Å². The predicted octanol–water partition coefficient (Wildman–Crippen LogP) is 5.32. The number of aromatic hydroxyl groups is 1. The summed E-state index contributed by atoms with van der Waals surface area (Å²) in [5.41, 5.74) is -0.0960. The Morgan fingerprint density at radius 2 is 1.36 bits per heavy atom. The van der Waals surface area contributed by atoms with Gasteiger partial charge in [0, 0.05) is 22.5 Å². The summed E-state index contributed by atoms with van der Waals surface area (Å²) in [4.78, 5) is -2.43. The monoisotopic (exact) mass is 809 g/mol. The van der Waals surface area contributed by atoms with Crippen molar-refractivity contribution >= 4 is 90.4 Å². The molecule has 5 aromatic rings. The topological polar surface area (TPSA) is 308 Å². The highest BCUT2D eigenvalue weighted by Gasteiger charge is 2.24. The van der Waals surface area contributed by atoms with E-state index in [2.05, 4.69) is 25.2 Å². The Morgan fingerprint density at radius 1 is 0.679 bits per heavy atom. The van der Waals surface area contributed by atoms with Crippen LogP contribution in [-0.4, -0.2) is 77.0 Å². The second-order valence-corrected chi connectivity index (χ2v) is 17.2. The van der Waals surface area contributed by atoms with Gasteiger partial charge in [-0.1, -0.05) is 6.07 Å². The number of phenols is 1. The van der Waals surface area contributed by atoms with Crippen LogP contribution in [0.2, 0.25) is 0 Å². The molecule has 6 N–H and O–H groups in total. The molecule has 5 aromatic carbocycles. The molecule has 0 spiro atoms. The van der Waals surface area contributed by atoms with E-state index in [9.17, 15) is 57.5 Å². The van der Waals surface area contributed by atoms with Crippen molar-refractivity contribution in [1.82, 2.24) is 0 Å². The van der Waals surface area contributed by atoms with Crippen LogP contribution in [0.4, 0.5) is 28.4 Å². The number of aliphatic hydroxyl groups excluding tert-OH is 1. The van der Waals surface area contributed by atoms with Crippen LogP contribution in [-0.2, 0) is 40.4 Å². The van der Waals surface area contributed by atoms with E-state index in [1.165, 1.54) is 48.5 Å². The van der Waals surface area contributed by atoms with Crippen molar-refractivity contribution in [1.29, 1.82) is 0 Å². The summed E-state index contributed by atoms with van der Waals surface area (Å²) in [5, 5.41) is 36.5. The summed E-state index contributed by atoms with van der Waals surface area (Å²) in [6, 6.07) is 12.9. The Balaban J connectivity index is 1.57. The van der Waals surface area contributed by atoms with Gasteiger partial charge in [0.2, 0.25) is 10.0 Å². The SMILES string of the molecule is Cc1cc(/N=N/c2c(S(=O)(=O)O)cc3cc(NS(C)(=O)=O)ccc3c2O)c(OCCO)cc1/N=N/c1ccc2cc(S(=O)(=O)O)cc(S(=O)(=O)O)c2c1. The minimum absolute atomic E-state index is 0.0283. The largest absolute Gasteiger partial charge is 0.505 e. The van der Waals surface area contributed by atoms with Crippen LogP contribution in [0.15, 0.2) is 102 Å². The summed E-state index contributed by atoms with van der Waals surface area (Å²) < 4.78 is 132. The second kappa shape index (κ2) is 14.4. The third-order valence-electron chi connectivity index (χ3n) is 7.24. The maximum absolute atomic E-state index is 12.3. The average Bonchev–Trinajstić information content (AvgIpc) is 3.04. The summed E-state index contributed by atoms with van der Waals surface area (Å²) >= 11 is 0. The number of benzene rings is 5. The number of aliphatic hydroxyl groups is 1. The number of hydrogen-bond donors (Lipinski definition) is 6. The lowest BCUT2D eigenvalue weighted by Crippen LogP contribution is -2.09. The summed E-state index contributed by atoms with van der Waals surface area (Å²) in [6.45, 7) is 0.872. The third kappa shape index (κ3) is 9.09. The third-order valence-corrected chi connectivity index (χ3v) is 10.4. The van der Waals surface area contributed by atoms with Gasteiger partial charge in [0.05, 0.1) is 29.1 Å². The van der Waals surface area contributed by atoms with Crippen LogP contribution in [0.25, 0.3) is 21.5 Å². The second-order valence-electron chi connectivity index (χ2n) is 11.2. The number of nitrogens with one attached hydrogen (secondary N) is 1. The highest BCUT2D eigenvalue weighted by Crippen LogP contribution is 2.44. The van der Waals surface area contributed by atoms with Gasteiger partial charge < -0.3 is 14.9 Å². The Hall–Kier alpha value is -5.14. The molecule has 23 heteroatoms. The van der Waals surface area contributed by atoms with Crippen LogP contribution >= 0.6 is 0 Å². The number of anilines is 1. The summed E-state index contributed by atoms with van der Waals surface area (Å²) in [5.74, 6) is -0.774. The smallest absolute Gasteiger partial charge is 0.296 e. The Morgan fingerprint density at radius 3 is 1.98 bits per heavy atom. The number of nitrogens with zero attached hydrogens (tertiary/aromatic N) is 4. The van der Waals surface area contributed by atoms with Crippen molar-refractivity contribution in [3.63, 3.8) is 0 Å². The molecule has 5 rings (SSSR count). The van der Waals surface area contributed by atoms with Gasteiger partial charge in [-0.05, 0) is 77.9 Å². The zero-order valence-corrected chi connectivity index (χ0v) is 30.4. The molecule has 53 heavy (non-hydrogen) atoms. The predicted molar refractivity (Wildman–Crippen MR) is 190 cm³/mol. The van der Waals surface area contributed by atoms with Gasteiger partial charge in [-0.25, -0.2) is 8.42 Å². The number of ether oxygens (including phenoxy) is 1. The van der Waals surface area contributed by atoms with Gasteiger partial charge >= 0.3 is 0 Å². The van der Waals surface area contributed by atoms with Crippen LogP contribution in [0, 0.1) is 6.92 Å². The van der Waals surface area contributed by atoms with E-state index in [-0.39, 0.29) is 56.7 Å². The number of aryl methyl sites for hydroxylation is 1. The maximum Gasteiger partial charge on any atom is 0.296 e. The molecule has 0 amide bonds. The Bertz CT molecular complexity index is 2830. The van der Waals surface area contributed by atoms with E-state index in [1.54, 1.807) is 6.92 Å². The molecular formula is C30H27N5O14S4. The van der Waals surface area contributed by atoms with E-state index >= 15 is 0 Å². The molecule has 0 heterocycles. The Kier molecular flexibility index (Phi) is 10.6. The van der Waals surface area contributed by atoms with Crippen molar-refractivity contribution < 1.29 is 62.3 Å². The first-order valence-corrected chi connectivity index (χ1v) is 20.8. The van der Waals surface area contributed by atoms with Crippen molar-refractivity contribution in [2.45, 2.75) is 21.6 Å². The number of fused-ring (bicyclic) bond motifs is 2. The van der Waals surface area contributed by atoms with Gasteiger partial charge in [0.1, 0.15) is 33.5 Å². The zero-order valence-electron chi connectivity index (χ0n) is 27.1. The van der Waals surface area contributed by atoms with E-state index in [4.69, 9.17) is 4.74 Å². The molecule has 0 aliphatic carbocycles. The molecule has 0 fully saturated rings. The van der Waals surface area contributed by atoms with E-state index in [1.807, 2.05) is 0 Å². The fourth-order valence-electron chi connectivity index (χ4n) is 4.97. The highest BCUT2D eigenvalue weighted by molar-refractivity contribution is 7.92. The van der Waals surface area contributed by atoms with Gasteiger partial charge in [-0.2, -0.15) is 35.5 Å². The van der Waals surface area contributed by atoms with Crippen molar-refractivity contribution in [3.05, 3.63) is 72.3 Å². The lowest BCUT2D eigenvalue weighted by molar-refractivity contribution is 0.202. The molecule has 0 radical (unpaired) electrons. The number of rotatable bonds is 12. The number of phenolic OH excluding ortho intramolecular Hbond substituents is 1.